The molecule has 118 valence electrons. The summed E-state index contributed by atoms with van der Waals surface area (Å²) in [7, 11) is 0. The number of rotatable bonds is 6. The molecule has 1 saturated carbocycles. The van der Waals surface area contributed by atoms with E-state index in [-0.39, 0.29) is 0 Å². The second-order valence-corrected chi connectivity index (χ2v) is 6.82. The molecule has 0 amide bonds. The Kier molecular flexibility index (Phi) is 5.37. The normalized spacial score (nSPS) is 28.8. The van der Waals surface area contributed by atoms with E-state index in [1.54, 1.807) is 0 Å². The zero-order valence-corrected chi connectivity index (χ0v) is 13.4. The molecule has 21 heavy (non-hydrogen) atoms. The van der Waals surface area contributed by atoms with Gasteiger partial charge in [-0.3, -0.25) is 4.90 Å². The molecule has 0 radical (unpaired) electrons. The van der Waals surface area contributed by atoms with Crippen molar-refractivity contribution in [2.75, 3.05) is 19.6 Å². The van der Waals surface area contributed by atoms with Crippen LogP contribution in [0.15, 0.2) is 22.8 Å². The third kappa shape index (κ3) is 3.89. The highest BCUT2D eigenvalue weighted by molar-refractivity contribution is 5.06. The fraction of sp³-hybridized carbons (Fsp3) is 0.778. The van der Waals surface area contributed by atoms with Crippen LogP contribution in [0, 0.1) is 5.92 Å². The fourth-order valence-electron chi connectivity index (χ4n) is 4.07. The summed E-state index contributed by atoms with van der Waals surface area (Å²) in [5, 5.41) is 3.85. The Morgan fingerprint density at radius 3 is 2.86 bits per heavy atom. The summed E-state index contributed by atoms with van der Waals surface area (Å²) in [5.74, 6) is 2.07. The van der Waals surface area contributed by atoms with Gasteiger partial charge in [0.05, 0.1) is 12.3 Å². The number of hydrogen-bond acceptors (Lipinski definition) is 3. The molecule has 1 aliphatic heterocycles. The Balaban J connectivity index is 1.57. The topological polar surface area (TPSA) is 28.4 Å². The SMILES string of the molecule is CCC1CCCC(NCC(c2ccco2)N2CCCC2)C1. The molecular formula is C18H30N2O. The Morgan fingerprint density at radius 2 is 2.14 bits per heavy atom. The van der Waals surface area contributed by atoms with Gasteiger partial charge in [0.15, 0.2) is 0 Å². The van der Waals surface area contributed by atoms with Crippen LogP contribution in [0.25, 0.3) is 0 Å². The highest BCUT2D eigenvalue weighted by Gasteiger charge is 2.27. The number of nitrogens with one attached hydrogen (secondary N) is 1. The monoisotopic (exact) mass is 290 g/mol. The van der Waals surface area contributed by atoms with Crippen LogP contribution in [0.2, 0.25) is 0 Å². The van der Waals surface area contributed by atoms with Crippen molar-refractivity contribution in [2.24, 2.45) is 5.92 Å². The highest BCUT2D eigenvalue weighted by atomic mass is 16.3. The van der Waals surface area contributed by atoms with E-state index in [2.05, 4.69) is 23.2 Å². The predicted molar refractivity (Wildman–Crippen MR) is 86.3 cm³/mol. The Bertz CT molecular complexity index is 397. The molecule has 2 fully saturated rings. The first kappa shape index (κ1) is 15.1. The van der Waals surface area contributed by atoms with E-state index in [4.69, 9.17) is 4.42 Å². The minimum atomic E-state index is 0.421. The third-order valence-electron chi connectivity index (χ3n) is 5.41. The van der Waals surface area contributed by atoms with E-state index >= 15 is 0 Å². The van der Waals surface area contributed by atoms with Crippen molar-refractivity contribution < 1.29 is 4.42 Å². The van der Waals surface area contributed by atoms with Crippen molar-refractivity contribution in [3.63, 3.8) is 0 Å². The summed E-state index contributed by atoms with van der Waals surface area (Å²) in [6.07, 6.45) is 11.4. The molecule has 3 nitrogen and oxygen atoms in total. The lowest BCUT2D eigenvalue weighted by atomic mass is 9.84. The van der Waals surface area contributed by atoms with Gasteiger partial charge in [-0.05, 0) is 56.8 Å². The summed E-state index contributed by atoms with van der Waals surface area (Å²) in [6.45, 7) is 5.81. The Hall–Kier alpha value is -0.800. The van der Waals surface area contributed by atoms with Crippen LogP contribution in [0.3, 0.4) is 0 Å². The van der Waals surface area contributed by atoms with Gasteiger partial charge in [0.1, 0.15) is 5.76 Å². The first-order chi connectivity index (χ1) is 10.4. The summed E-state index contributed by atoms with van der Waals surface area (Å²) in [6, 6.07) is 5.29. The van der Waals surface area contributed by atoms with E-state index in [9.17, 15) is 0 Å². The van der Waals surface area contributed by atoms with Crippen LogP contribution in [0.5, 0.6) is 0 Å². The van der Waals surface area contributed by atoms with E-state index in [1.807, 2.05) is 12.3 Å². The molecule has 2 heterocycles. The average molecular weight is 290 g/mol. The molecule has 1 saturated heterocycles. The second-order valence-electron chi connectivity index (χ2n) is 6.82. The van der Waals surface area contributed by atoms with Crippen molar-refractivity contribution in [1.82, 2.24) is 10.2 Å². The summed E-state index contributed by atoms with van der Waals surface area (Å²) >= 11 is 0. The predicted octanol–water partition coefficient (Wildman–Crippen LogP) is 3.97. The molecule has 1 aromatic rings. The van der Waals surface area contributed by atoms with E-state index in [1.165, 1.54) is 58.0 Å². The number of likely N-dealkylation sites (tertiary alicyclic amines) is 1. The van der Waals surface area contributed by atoms with Crippen molar-refractivity contribution in [2.45, 2.75) is 64.0 Å². The van der Waals surface area contributed by atoms with Crippen molar-refractivity contribution in [3.05, 3.63) is 24.2 Å². The Labute approximate surface area is 129 Å². The second kappa shape index (κ2) is 7.46. The minimum Gasteiger partial charge on any atom is -0.468 e. The van der Waals surface area contributed by atoms with Crippen LogP contribution in [-0.2, 0) is 0 Å². The highest BCUT2D eigenvalue weighted by Crippen LogP contribution is 2.28. The molecule has 0 spiro atoms. The average Bonchev–Trinajstić information content (AvgIpc) is 3.21. The number of nitrogens with zero attached hydrogens (tertiary/aromatic N) is 1. The molecule has 3 unspecified atom stereocenters. The van der Waals surface area contributed by atoms with E-state index < -0.39 is 0 Å². The molecule has 1 N–H and O–H groups in total. The van der Waals surface area contributed by atoms with Gasteiger partial charge in [0.2, 0.25) is 0 Å². The zero-order valence-electron chi connectivity index (χ0n) is 13.4. The van der Waals surface area contributed by atoms with Crippen LogP contribution >= 0.6 is 0 Å². The molecule has 2 aliphatic rings. The minimum absolute atomic E-state index is 0.421. The standard InChI is InChI=1S/C18H30N2O/c1-2-15-7-5-8-16(13-15)19-14-17(18-9-6-12-21-18)20-10-3-4-11-20/h6,9,12,15-17,19H,2-5,7-8,10-11,13-14H2,1H3. The molecule has 1 aromatic heterocycles. The smallest absolute Gasteiger partial charge is 0.122 e. The van der Waals surface area contributed by atoms with Crippen LogP contribution in [-0.4, -0.2) is 30.6 Å². The molecule has 3 atom stereocenters. The first-order valence-corrected chi connectivity index (χ1v) is 8.87. The third-order valence-corrected chi connectivity index (χ3v) is 5.41. The number of hydrogen-bond donors (Lipinski definition) is 1. The molecule has 0 bridgehead atoms. The largest absolute Gasteiger partial charge is 0.468 e. The maximum absolute atomic E-state index is 5.71. The molecule has 1 aliphatic carbocycles. The zero-order chi connectivity index (χ0) is 14.5. The van der Waals surface area contributed by atoms with Gasteiger partial charge >= 0.3 is 0 Å². The van der Waals surface area contributed by atoms with E-state index in [0.717, 1.165) is 18.2 Å². The van der Waals surface area contributed by atoms with Gasteiger partial charge in [0, 0.05) is 12.6 Å². The summed E-state index contributed by atoms with van der Waals surface area (Å²) < 4.78 is 5.71. The van der Waals surface area contributed by atoms with Crippen LogP contribution in [0.1, 0.15) is 63.7 Å². The fourth-order valence-corrected chi connectivity index (χ4v) is 4.07. The first-order valence-electron chi connectivity index (χ1n) is 8.87. The van der Waals surface area contributed by atoms with Crippen molar-refractivity contribution >= 4 is 0 Å². The lowest BCUT2D eigenvalue weighted by Gasteiger charge is -2.32. The van der Waals surface area contributed by atoms with Gasteiger partial charge in [-0.25, -0.2) is 0 Å². The molecule has 3 rings (SSSR count). The maximum Gasteiger partial charge on any atom is 0.122 e. The summed E-state index contributed by atoms with van der Waals surface area (Å²) in [4.78, 5) is 2.59. The van der Waals surface area contributed by atoms with Crippen molar-refractivity contribution in [1.29, 1.82) is 0 Å². The molecular weight excluding hydrogens is 260 g/mol. The van der Waals surface area contributed by atoms with Crippen molar-refractivity contribution in [3.8, 4) is 0 Å². The maximum atomic E-state index is 5.71. The van der Waals surface area contributed by atoms with Gasteiger partial charge in [-0.1, -0.05) is 26.2 Å². The van der Waals surface area contributed by atoms with E-state index in [0.29, 0.717) is 12.1 Å². The molecule has 0 aromatic carbocycles. The molecule has 3 heteroatoms. The van der Waals surface area contributed by atoms with Gasteiger partial charge in [-0.15, -0.1) is 0 Å². The van der Waals surface area contributed by atoms with Crippen LogP contribution in [0.4, 0.5) is 0 Å². The van der Waals surface area contributed by atoms with Crippen LogP contribution < -0.4 is 5.32 Å². The van der Waals surface area contributed by atoms with Gasteiger partial charge < -0.3 is 9.73 Å². The quantitative estimate of drug-likeness (QED) is 0.859. The van der Waals surface area contributed by atoms with Gasteiger partial charge in [-0.2, -0.15) is 0 Å². The van der Waals surface area contributed by atoms with Gasteiger partial charge in [0.25, 0.3) is 0 Å². The number of furan rings is 1. The lowest BCUT2D eigenvalue weighted by Crippen LogP contribution is -2.40. The lowest BCUT2D eigenvalue weighted by molar-refractivity contribution is 0.192. The summed E-state index contributed by atoms with van der Waals surface area (Å²) in [5.41, 5.74) is 0. The Morgan fingerprint density at radius 1 is 1.29 bits per heavy atom.